The normalized spacial score (nSPS) is 13.5. The van der Waals surface area contributed by atoms with Crippen molar-refractivity contribution in [1.29, 1.82) is 0 Å². The molecule has 2 heteroatoms. The molecule has 0 aliphatic heterocycles. The van der Waals surface area contributed by atoms with Crippen LogP contribution in [0.5, 0.6) is 0 Å². The highest BCUT2D eigenvalue weighted by molar-refractivity contribution is 4.59. The molecule has 0 radical (unpaired) electrons. The first-order valence-electron chi connectivity index (χ1n) is 4.27. The van der Waals surface area contributed by atoms with Gasteiger partial charge in [0, 0.05) is 6.04 Å². The monoisotopic (exact) mass is 144 g/mol. The highest BCUT2D eigenvalue weighted by Gasteiger charge is 1.98. The van der Waals surface area contributed by atoms with Gasteiger partial charge in [-0.3, -0.25) is 0 Å². The predicted molar refractivity (Wildman–Crippen MR) is 45.8 cm³/mol. The molecule has 0 saturated carbocycles. The summed E-state index contributed by atoms with van der Waals surface area (Å²) in [5.74, 6) is 0. The van der Waals surface area contributed by atoms with E-state index in [2.05, 4.69) is 6.92 Å². The van der Waals surface area contributed by atoms with E-state index < -0.39 is 0 Å². The molecule has 10 heavy (non-hydrogen) atoms. The highest BCUT2D eigenvalue weighted by atomic mass is 14.6. The molecule has 0 amide bonds. The van der Waals surface area contributed by atoms with Crippen LogP contribution in [0.25, 0.3) is 0 Å². The van der Waals surface area contributed by atoms with Crippen LogP contribution in [0.1, 0.15) is 39.0 Å². The van der Waals surface area contributed by atoms with Gasteiger partial charge in [-0.1, -0.05) is 19.8 Å². The Hall–Kier alpha value is -0.0800. The Morgan fingerprint density at radius 2 is 1.90 bits per heavy atom. The molecule has 0 aromatic carbocycles. The molecule has 1 atom stereocenters. The lowest BCUT2D eigenvalue weighted by molar-refractivity contribution is 0.529. The largest absolute Gasteiger partial charge is 0.330 e. The second-order valence-electron chi connectivity index (χ2n) is 2.83. The Kier molecular flexibility index (Phi) is 6.98. The average molecular weight is 144 g/mol. The first-order chi connectivity index (χ1) is 4.81. The van der Waals surface area contributed by atoms with Gasteiger partial charge < -0.3 is 11.5 Å². The zero-order chi connectivity index (χ0) is 7.82. The molecular weight excluding hydrogens is 124 g/mol. The van der Waals surface area contributed by atoms with E-state index in [1.54, 1.807) is 0 Å². The number of unbranched alkanes of at least 4 members (excludes halogenated alkanes) is 1. The van der Waals surface area contributed by atoms with E-state index >= 15 is 0 Å². The molecular formula is C8H20N2. The first-order valence-corrected chi connectivity index (χ1v) is 4.27. The third-order valence-electron chi connectivity index (χ3n) is 1.69. The average Bonchev–Trinajstić information content (AvgIpc) is 1.89. The van der Waals surface area contributed by atoms with Crippen LogP contribution in [-0.4, -0.2) is 12.6 Å². The summed E-state index contributed by atoms with van der Waals surface area (Å²) in [5, 5.41) is 0. The van der Waals surface area contributed by atoms with E-state index in [4.69, 9.17) is 11.5 Å². The van der Waals surface area contributed by atoms with Gasteiger partial charge in [-0.05, 0) is 25.8 Å². The summed E-state index contributed by atoms with van der Waals surface area (Å²) in [6, 6.07) is 0.413. The van der Waals surface area contributed by atoms with E-state index in [1.165, 1.54) is 12.8 Å². The summed E-state index contributed by atoms with van der Waals surface area (Å²) >= 11 is 0. The minimum absolute atomic E-state index is 0.413. The van der Waals surface area contributed by atoms with Gasteiger partial charge >= 0.3 is 0 Å². The number of hydrogen-bond donors (Lipinski definition) is 2. The summed E-state index contributed by atoms with van der Waals surface area (Å²) in [7, 11) is 0. The Morgan fingerprint density at radius 1 is 1.20 bits per heavy atom. The van der Waals surface area contributed by atoms with E-state index in [1.807, 2.05) is 0 Å². The molecule has 2 nitrogen and oxygen atoms in total. The molecule has 0 bridgehead atoms. The van der Waals surface area contributed by atoms with Gasteiger partial charge in [-0.15, -0.1) is 0 Å². The van der Waals surface area contributed by atoms with Crippen molar-refractivity contribution in [1.82, 2.24) is 0 Å². The van der Waals surface area contributed by atoms with Gasteiger partial charge in [0.25, 0.3) is 0 Å². The van der Waals surface area contributed by atoms with E-state index in [9.17, 15) is 0 Å². The van der Waals surface area contributed by atoms with Crippen molar-refractivity contribution in [2.75, 3.05) is 6.54 Å². The van der Waals surface area contributed by atoms with Crippen LogP contribution in [-0.2, 0) is 0 Å². The molecule has 0 aliphatic rings. The number of hydrogen-bond acceptors (Lipinski definition) is 2. The fraction of sp³-hybridized carbons (Fsp3) is 1.00. The van der Waals surface area contributed by atoms with Crippen LogP contribution in [0.15, 0.2) is 0 Å². The van der Waals surface area contributed by atoms with Crippen LogP contribution in [0.2, 0.25) is 0 Å². The molecule has 0 heterocycles. The fourth-order valence-corrected chi connectivity index (χ4v) is 1.07. The van der Waals surface area contributed by atoms with Crippen molar-refractivity contribution < 1.29 is 0 Å². The second kappa shape index (κ2) is 7.03. The minimum atomic E-state index is 0.413. The van der Waals surface area contributed by atoms with E-state index in [0.717, 1.165) is 25.8 Å². The van der Waals surface area contributed by atoms with Gasteiger partial charge in [0.1, 0.15) is 0 Å². The SMILES string of the molecule is CCCC(N)CCCCN. The summed E-state index contributed by atoms with van der Waals surface area (Å²) in [5.41, 5.74) is 11.1. The van der Waals surface area contributed by atoms with Crippen molar-refractivity contribution in [3.8, 4) is 0 Å². The highest BCUT2D eigenvalue weighted by Crippen LogP contribution is 2.02. The third-order valence-corrected chi connectivity index (χ3v) is 1.69. The maximum Gasteiger partial charge on any atom is 0.00387 e. The molecule has 0 aromatic heterocycles. The van der Waals surface area contributed by atoms with Gasteiger partial charge in [-0.2, -0.15) is 0 Å². The first kappa shape index (κ1) is 9.92. The lowest BCUT2D eigenvalue weighted by atomic mass is 10.1. The molecule has 0 aromatic rings. The lowest BCUT2D eigenvalue weighted by Crippen LogP contribution is -2.19. The van der Waals surface area contributed by atoms with Crippen LogP contribution in [0.4, 0.5) is 0 Å². The summed E-state index contributed by atoms with van der Waals surface area (Å²) in [4.78, 5) is 0. The standard InChI is InChI=1S/C8H20N2/c1-2-5-8(10)6-3-4-7-9/h8H,2-7,9-10H2,1H3. The lowest BCUT2D eigenvalue weighted by Gasteiger charge is -2.08. The molecule has 0 rings (SSSR count). The van der Waals surface area contributed by atoms with Crippen molar-refractivity contribution in [3.63, 3.8) is 0 Å². The Bertz CT molecular complexity index is 64.3. The second-order valence-corrected chi connectivity index (χ2v) is 2.83. The molecule has 62 valence electrons. The van der Waals surface area contributed by atoms with Gasteiger partial charge in [0.05, 0.1) is 0 Å². The van der Waals surface area contributed by atoms with Crippen LogP contribution in [0.3, 0.4) is 0 Å². The molecule has 0 spiro atoms. The quantitative estimate of drug-likeness (QED) is 0.551. The van der Waals surface area contributed by atoms with Crippen molar-refractivity contribution in [2.45, 2.75) is 45.1 Å². The van der Waals surface area contributed by atoms with Gasteiger partial charge in [0.15, 0.2) is 0 Å². The number of nitrogens with two attached hydrogens (primary N) is 2. The Balaban J connectivity index is 2.97. The fourth-order valence-electron chi connectivity index (χ4n) is 1.07. The van der Waals surface area contributed by atoms with Crippen LogP contribution >= 0.6 is 0 Å². The Morgan fingerprint density at radius 3 is 2.40 bits per heavy atom. The van der Waals surface area contributed by atoms with Crippen molar-refractivity contribution >= 4 is 0 Å². The van der Waals surface area contributed by atoms with Gasteiger partial charge in [-0.25, -0.2) is 0 Å². The third kappa shape index (κ3) is 6.05. The predicted octanol–water partition coefficient (Wildman–Crippen LogP) is 1.24. The van der Waals surface area contributed by atoms with Crippen molar-refractivity contribution in [3.05, 3.63) is 0 Å². The smallest absolute Gasteiger partial charge is 0.00387 e. The molecule has 0 aliphatic carbocycles. The van der Waals surface area contributed by atoms with Crippen LogP contribution < -0.4 is 11.5 Å². The maximum atomic E-state index is 5.78. The summed E-state index contributed by atoms with van der Waals surface area (Å²) < 4.78 is 0. The minimum Gasteiger partial charge on any atom is -0.330 e. The molecule has 1 unspecified atom stereocenters. The van der Waals surface area contributed by atoms with E-state index in [0.29, 0.717) is 6.04 Å². The van der Waals surface area contributed by atoms with Crippen molar-refractivity contribution in [2.24, 2.45) is 11.5 Å². The Labute approximate surface area is 64.0 Å². The zero-order valence-corrected chi connectivity index (χ0v) is 6.97. The van der Waals surface area contributed by atoms with E-state index in [-0.39, 0.29) is 0 Å². The summed E-state index contributed by atoms with van der Waals surface area (Å²) in [6.07, 6.45) is 5.81. The van der Waals surface area contributed by atoms with Gasteiger partial charge in [0.2, 0.25) is 0 Å². The topological polar surface area (TPSA) is 52.0 Å². The molecule has 0 saturated heterocycles. The van der Waals surface area contributed by atoms with Crippen LogP contribution in [0, 0.1) is 0 Å². The number of rotatable bonds is 6. The maximum absolute atomic E-state index is 5.78. The molecule has 0 fully saturated rings. The summed E-state index contributed by atoms with van der Waals surface area (Å²) in [6.45, 7) is 2.97. The molecule has 4 N–H and O–H groups in total. The zero-order valence-electron chi connectivity index (χ0n) is 6.97.